The highest BCUT2D eigenvalue weighted by atomic mass is 19.1. The number of benzene rings is 2. The van der Waals surface area contributed by atoms with Crippen LogP contribution in [0.15, 0.2) is 51.7 Å². The summed E-state index contributed by atoms with van der Waals surface area (Å²) in [4.78, 5) is 24.2. The Bertz CT molecular complexity index is 995. The normalized spacial score (nSPS) is 10.6. The molecule has 0 N–H and O–H groups in total. The van der Waals surface area contributed by atoms with Gasteiger partial charge in [-0.05, 0) is 30.3 Å². The molecule has 0 amide bonds. The summed E-state index contributed by atoms with van der Waals surface area (Å²) in [5, 5.41) is 8.62. The summed E-state index contributed by atoms with van der Waals surface area (Å²) >= 11 is 0. The lowest BCUT2D eigenvalue weighted by Gasteiger charge is -2.02. The maximum absolute atomic E-state index is 13.2. The zero-order chi connectivity index (χ0) is 16.4. The zero-order valence-corrected chi connectivity index (χ0v) is 12.0. The Morgan fingerprint density at radius 1 is 1.22 bits per heavy atom. The molecule has 1 heterocycles. The van der Waals surface area contributed by atoms with Gasteiger partial charge in [0.2, 0.25) is 0 Å². The first kappa shape index (κ1) is 14.7. The average Bonchev–Trinajstić information content (AvgIpc) is 2.86. The first-order valence-electron chi connectivity index (χ1n) is 6.91. The van der Waals surface area contributed by atoms with Gasteiger partial charge >= 0.3 is 5.76 Å². The van der Waals surface area contributed by atoms with Gasteiger partial charge in [0.25, 0.3) is 0 Å². The molecule has 0 radical (unpaired) electrons. The molecule has 3 aromatic rings. The minimum atomic E-state index is -0.578. The molecule has 23 heavy (non-hydrogen) atoms. The smallest absolute Gasteiger partial charge is 0.408 e. The summed E-state index contributed by atoms with van der Waals surface area (Å²) in [5.41, 5.74) is 1.29. The van der Waals surface area contributed by atoms with Crippen molar-refractivity contribution >= 4 is 16.9 Å². The second-order valence-corrected chi connectivity index (χ2v) is 4.95. The molecule has 0 fully saturated rings. The van der Waals surface area contributed by atoms with Crippen molar-refractivity contribution in [3.63, 3.8) is 0 Å². The molecule has 0 saturated carbocycles. The highest BCUT2D eigenvalue weighted by Crippen LogP contribution is 2.18. The largest absolute Gasteiger partial charge is 0.419 e. The summed E-state index contributed by atoms with van der Waals surface area (Å²) in [6.45, 7) is 0.222. The van der Waals surface area contributed by atoms with E-state index in [0.717, 1.165) is 6.07 Å². The highest BCUT2D eigenvalue weighted by molar-refractivity contribution is 6.10. The molecule has 0 atom stereocenters. The molecule has 0 aliphatic rings. The molecule has 0 unspecified atom stereocenters. The van der Waals surface area contributed by atoms with Crippen molar-refractivity contribution in [2.75, 3.05) is 0 Å². The molecule has 0 aliphatic heterocycles. The number of halogens is 1. The third-order valence-corrected chi connectivity index (χ3v) is 3.46. The monoisotopic (exact) mass is 310 g/mol. The van der Waals surface area contributed by atoms with Gasteiger partial charge in [-0.15, -0.1) is 0 Å². The second kappa shape index (κ2) is 5.89. The van der Waals surface area contributed by atoms with Crippen molar-refractivity contribution in [1.82, 2.24) is 4.57 Å². The van der Waals surface area contributed by atoms with Gasteiger partial charge in [0, 0.05) is 17.7 Å². The molecule has 1 aromatic heterocycles. The minimum absolute atomic E-state index is 0.179. The van der Waals surface area contributed by atoms with E-state index in [1.165, 1.54) is 28.8 Å². The van der Waals surface area contributed by atoms with Crippen LogP contribution in [-0.2, 0) is 6.54 Å². The first-order valence-corrected chi connectivity index (χ1v) is 6.91. The number of ketones is 1. The average molecular weight is 310 g/mol. The Hall–Kier alpha value is -3.20. The van der Waals surface area contributed by atoms with E-state index in [-0.39, 0.29) is 29.9 Å². The summed E-state index contributed by atoms with van der Waals surface area (Å²) in [6, 6.07) is 11.9. The summed E-state index contributed by atoms with van der Waals surface area (Å²) in [5.74, 6) is -1.43. The third-order valence-electron chi connectivity index (χ3n) is 3.46. The quantitative estimate of drug-likeness (QED) is 0.694. The number of aryl methyl sites for hydroxylation is 1. The number of carbonyl (C=O) groups excluding carboxylic acids is 1. The molecule has 3 rings (SSSR count). The van der Waals surface area contributed by atoms with Crippen LogP contribution in [0.1, 0.15) is 22.3 Å². The van der Waals surface area contributed by atoms with Crippen LogP contribution in [0.5, 0.6) is 0 Å². The van der Waals surface area contributed by atoms with E-state index < -0.39 is 11.6 Å². The number of carbonyl (C=O) groups is 1. The number of hydrogen-bond donors (Lipinski definition) is 0. The molecule has 0 aliphatic carbocycles. The standard InChI is InChI=1S/C17H11FN2O3/c18-13-4-1-3-11(9-13)16(21)12-5-6-14-15(10-12)23-17(22)20(14)8-2-7-19/h1,3-6,9-10H,2,8H2. The number of oxazole rings is 1. The van der Waals surface area contributed by atoms with Crippen LogP contribution in [0.3, 0.4) is 0 Å². The van der Waals surface area contributed by atoms with E-state index in [0.29, 0.717) is 11.1 Å². The minimum Gasteiger partial charge on any atom is -0.408 e. The molecule has 0 bridgehead atoms. The molecule has 2 aromatic carbocycles. The molecule has 6 heteroatoms. The Kier molecular flexibility index (Phi) is 3.77. The van der Waals surface area contributed by atoms with Gasteiger partial charge < -0.3 is 4.42 Å². The van der Waals surface area contributed by atoms with Crippen molar-refractivity contribution in [2.24, 2.45) is 0 Å². The lowest BCUT2D eigenvalue weighted by atomic mass is 10.0. The molecule has 114 valence electrons. The van der Waals surface area contributed by atoms with Gasteiger partial charge in [-0.25, -0.2) is 9.18 Å². The van der Waals surface area contributed by atoms with Gasteiger partial charge in [0.15, 0.2) is 11.4 Å². The number of aromatic nitrogens is 1. The van der Waals surface area contributed by atoms with Gasteiger partial charge in [-0.1, -0.05) is 12.1 Å². The number of fused-ring (bicyclic) bond motifs is 1. The van der Waals surface area contributed by atoms with Crippen molar-refractivity contribution in [2.45, 2.75) is 13.0 Å². The van der Waals surface area contributed by atoms with E-state index in [9.17, 15) is 14.0 Å². The van der Waals surface area contributed by atoms with Crippen LogP contribution in [-0.4, -0.2) is 10.4 Å². The zero-order valence-electron chi connectivity index (χ0n) is 12.0. The van der Waals surface area contributed by atoms with Gasteiger partial charge in [0.05, 0.1) is 18.0 Å². The predicted octanol–water partition coefficient (Wildman–Crippen LogP) is 2.88. The van der Waals surface area contributed by atoms with Crippen molar-refractivity contribution < 1.29 is 13.6 Å². The van der Waals surface area contributed by atoms with Crippen molar-refractivity contribution in [3.05, 3.63) is 70.0 Å². The molecule has 5 nitrogen and oxygen atoms in total. The predicted molar refractivity (Wildman–Crippen MR) is 80.5 cm³/mol. The van der Waals surface area contributed by atoms with Crippen molar-refractivity contribution in [1.29, 1.82) is 5.26 Å². The number of nitriles is 1. The maximum Gasteiger partial charge on any atom is 0.419 e. The fraction of sp³-hybridized carbons (Fsp3) is 0.118. The molecular formula is C17H11FN2O3. The summed E-state index contributed by atoms with van der Waals surface area (Å²) in [7, 11) is 0. The van der Waals surface area contributed by atoms with Crippen LogP contribution in [0.4, 0.5) is 4.39 Å². The van der Waals surface area contributed by atoms with Gasteiger partial charge in [0.1, 0.15) is 5.82 Å². The SMILES string of the molecule is N#CCCn1c(=O)oc2cc(C(=O)c3cccc(F)c3)ccc21. The van der Waals surface area contributed by atoms with E-state index in [2.05, 4.69) is 0 Å². The molecule has 0 saturated heterocycles. The van der Waals surface area contributed by atoms with Gasteiger partial charge in [-0.3, -0.25) is 9.36 Å². The second-order valence-electron chi connectivity index (χ2n) is 4.95. The first-order chi connectivity index (χ1) is 11.1. The van der Waals surface area contributed by atoms with Crippen LogP contribution in [0.25, 0.3) is 11.1 Å². The summed E-state index contributed by atoms with van der Waals surface area (Å²) < 4.78 is 19.7. The molecule has 0 spiro atoms. The van der Waals surface area contributed by atoms with Crippen LogP contribution in [0.2, 0.25) is 0 Å². The fourth-order valence-electron chi connectivity index (χ4n) is 2.38. The molecular weight excluding hydrogens is 299 g/mol. The Morgan fingerprint density at radius 3 is 2.74 bits per heavy atom. The summed E-state index contributed by atoms with van der Waals surface area (Å²) in [6.07, 6.45) is 0.179. The van der Waals surface area contributed by atoms with E-state index in [4.69, 9.17) is 9.68 Å². The fourth-order valence-corrected chi connectivity index (χ4v) is 2.38. The van der Waals surface area contributed by atoms with E-state index >= 15 is 0 Å². The Balaban J connectivity index is 2.03. The lowest BCUT2D eigenvalue weighted by molar-refractivity contribution is 0.103. The number of rotatable bonds is 4. The number of hydrogen-bond acceptors (Lipinski definition) is 4. The Labute approximate surface area is 130 Å². The Morgan fingerprint density at radius 2 is 2.00 bits per heavy atom. The highest BCUT2D eigenvalue weighted by Gasteiger charge is 2.14. The maximum atomic E-state index is 13.2. The van der Waals surface area contributed by atoms with Crippen molar-refractivity contribution in [3.8, 4) is 6.07 Å². The lowest BCUT2D eigenvalue weighted by Crippen LogP contribution is -2.13. The van der Waals surface area contributed by atoms with Crippen LogP contribution < -0.4 is 5.76 Å². The van der Waals surface area contributed by atoms with Gasteiger partial charge in [-0.2, -0.15) is 5.26 Å². The van der Waals surface area contributed by atoms with Crippen LogP contribution in [0, 0.1) is 17.1 Å². The third kappa shape index (κ3) is 2.77. The van der Waals surface area contributed by atoms with E-state index in [1.54, 1.807) is 12.1 Å². The van der Waals surface area contributed by atoms with Crippen LogP contribution >= 0.6 is 0 Å². The number of nitrogens with zero attached hydrogens (tertiary/aromatic N) is 2. The van der Waals surface area contributed by atoms with E-state index in [1.807, 2.05) is 6.07 Å². The topological polar surface area (TPSA) is 76.0 Å².